The molecule has 9 heteroatoms. The van der Waals surface area contributed by atoms with E-state index in [0.717, 1.165) is 27.0 Å². The number of nitrogens with zero attached hydrogens (tertiary/aromatic N) is 2. The van der Waals surface area contributed by atoms with Gasteiger partial charge in [-0.05, 0) is 36.2 Å². The summed E-state index contributed by atoms with van der Waals surface area (Å²) in [7, 11) is 1.26. The first kappa shape index (κ1) is 28.5. The Kier molecular flexibility index (Phi) is 8.31. The monoisotopic (exact) mass is 564 g/mol. The molecule has 0 bridgehead atoms. The molecule has 9 nitrogen and oxygen atoms in total. The van der Waals surface area contributed by atoms with Crippen molar-refractivity contribution in [3.8, 4) is 0 Å². The number of esters is 1. The number of carbonyl (C=O) groups is 4. The molecule has 1 aromatic heterocycles. The number of ether oxygens (including phenoxy) is 1. The van der Waals surface area contributed by atoms with Crippen molar-refractivity contribution in [2.45, 2.75) is 37.9 Å². The van der Waals surface area contributed by atoms with Crippen molar-refractivity contribution in [3.63, 3.8) is 0 Å². The summed E-state index contributed by atoms with van der Waals surface area (Å²) in [6.45, 7) is 5.92. The molecule has 0 spiro atoms. The number of benzene rings is 3. The number of allylic oxidation sites excluding steroid dienone is 1. The highest BCUT2D eigenvalue weighted by Gasteiger charge is 2.39. The Morgan fingerprint density at radius 3 is 2.14 bits per heavy atom. The highest BCUT2D eigenvalue weighted by molar-refractivity contribution is 6.21. The minimum Gasteiger partial charge on any atom is -0.467 e. The van der Waals surface area contributed by atoms with E-state index in [0.29, 0.717) is 0 Å². The highest BCUT2D eigenvalue weighted by atomic mass is 16.5. The topological polar surface area (TPSA) is 110 Å². The molecule has 3 atom stereocenters. The lowest BCUT2D eigenvalue weighted by Crippen LogP contribution is -2.57. The predicted molar refractivity (Wildman–Crippen MR) is 159 cm³/mol. The molecule has 1 aliphatic rings. The van der Waals surface area contributed by atoms with Crippen LogP contribution in [-0.2, 0) is 27.2 Å². The first-order valence-corrected chi connectivity index (χ1v) is 13.7. The first-order chi connectivity index (χ1) is 20.3. The van der Waals surface area contributed by atoms with E-state index in [-0.39, 0.29) is 30.0 Å². The number of amides is 3. The van der Waals surface area contributed by atoms with Crippen LogP contribution in [0, 0.1) is 0 Å². The fourth-order valence-corrected chi connectivity index (χ4v) is 5.23. The predicted octanol–water partition coefficient (Wildman–Crippen LogP) is 4.00. The number of para-hydroxylation sites is 1. The zero-order valence-electron chi connectivity index (χ0n) is 23.4. The third-order valence-electron chi connectivity index (χ3n) is 7.51. The third kappa shape index (κ3) is 5.59. The Labute approximate surface area is 243 Å². The molecule has 3 aromatic carbocycles. The molecule has 214 valence electrons. The van der Waals surface area contributed by atoms with Gasteiger partial charge in [-0.2, -0.15) is 0 Å². The van der Waals surface area contributed by atoms with Crippen molar-refractivity contribution in [2.24, 2.45) is 0 Å². The molecule has 4 aromatic rings. The van der Waals surface area contributed by atoms with Crippen molar-refractivity contribution in [3.05, 3.63) is 120 Å². The molecule has 0 fully saturated rings. The number of methoxy groups -OCH3 is 1. The molecule has 1 unspecified atom stereocenters. The Bertz CT molecular complexity index is 1630. The average Bonchev–Trinajstić information content (AvgIpc) is 3.50. The second kappa shape index (κ2) is 12.2. The summed E-state index contributed by atoms with van der Waals surface area (Å²) in [6, 6.07) is 21.5. The second-order valence-corrected chi connectivity index (χ2v) is 10.2. The minimum absolute atomic E-state index is 0.0188. The lowest BCUT2D eigenvalue weighted by Gasteiger charge is -2.25. The number of nitrogens with one attached hydrogen (secondary N) is 2. The van der Waals surface area contributed by atoms with Gasteiger partial charge in [-0.1, -0.05) is 66.7 Å². The van der Waals surface area contributed by atoms with Gasteiger partial charge in [0.2, 0.25) is 5.91 Å². The van der Waals surface area contributed by atoms with Crippen LogP contribution in [0.5, 0.6) is 0 Å². The molecule has 42 heavy (non-hydrogen) atoms. The van der Waals surface area contributed by atoms with Crippen LogP contribution in [0.15, 0.2) is 97.7 Å². The van der Waals surface area contributed by atoms with Gasteiger partial charge in [0.15, 0.2) is 0 Å². The standard InChI is InChI=1S/C33H32N4O5/c1-4-21(2)36-20-23(24-14-10-11-17-29(24)36)19-27(35-37-31(39)25-15-8-9-16-26(25)32(37)40)30(38)34-28(33(41)42-3)18-22-12-6-5-7-13-22/h4-17,20-21,27-28,35H,1,18-19H2,2-3H3,(H,34,38)/t21?,27-,28-/m0/s1. The smallest absolute Gasteiger partial charge is 0.328 e. The summed E-state index contributed by atoms with van der Waals surface area (Å²) in [5, 5.41) is 4.60. The van der Waals surface area contributed by atoms with Crippen LogP contribution in [0.2, 0.25) is 0 Å². The molecule has 0 saturated carbocycles. The van der Waals surface area contributed by atoms with E-state index in [1.807, 2.05) is 73.8 Å². The fraction of sp³-hybridized carbons (Fsp3) is 0.212. The van der Waals surface area contributed by atoms with E-state index in [9.17, 15) is 19.2 Å². The largest absolute Gasteiger partial charge is 0.467 e. The number of imide groups is 1. The molecule has 5 rings (SSSR count). The van der Waals surface area contributed by atoms with Crippen molar-refractivity contribution in [1.82, 2.24) is 20.3 Å². The molecule has 3 amide bonds. The lowest BCUT2D eigenvalue weighted by molar-refractivity contribution is -0.145. The highest BCUT2D eigenvalue weighted by Crippen LogP contribution is 2.27. The molecule has 1 aliphatic heterocycles. The third-order valence-corrected chi connectivity index (χ3v) is 7.51. The van der Waals surface area contributed by atoms with Crippen LogP contribution in [0.3, 0.4) is 0 Å². The van der Waals surface area contributed by atoms with E-state index in [1.54, 1.807) is 24.3 Å². The van der Waals surface area contributed by atoms with Crippen LogP contribution in [0.4, 0.5) is 0 Å². The maximum Gasteiger partial charge on any atom is 0.328 e. The number of rotatable bonds is 11. The maximum absolute atomic E-state index is 13.9. The molecule has 2 heterocycles. The molecular formula is C33H32N4O5. The van der Waals surface area contributed by atoms with E-state index in [2.05, 4.69) is 21.9 Å². The Morgan fingerprint density at radius 2 is 1.50 bits per heavy atom. The average molecular weight is 565 g/mol. The van der Waals surface area contributed by atoms with Crippen LogP contribution in [0.1, 0.15) is 44.8 Å². The maximum atomic E-state index is 13.9. The number of hydrogen-bond donors (Lipinski definition) is 2. The van der Waals surface area contributed by atoms with E-state index in [4.69, 9.17) is 4.74 Å². The number of hydrazine groups is 1. The van der Waals surface area contributed by atoms with Gasteiger partial charge in [0, 0.05) is 36.0 Å². The number of hydrogen-bond acceptors (Lipinski definition) is 6. The molecular weight excluding hydrogens is 532 g/mol. The zero-order chi connectivity index (χ0) is 29.8. The summed E-state index contributed by atoms with van der Waals surface area (Å²) >= 11 is 0. The summed E-state index contributed by atoms with van der Waals surface area (Å²) < 4.78 is 7.04. The van der Waals surface area contributed by atoms with Crippen molar-refractivity contribution >= 4 is 34.6 Å². The van der Waals surface area contributed by atoms with E-state index in [1.165, 1.54) is 7.11 Å². The lowest BCUT2D eigenvalue weighted by atomic mass is 10.0. The Balaban J connectivity index is 1.49. The summed E-state index contributed by atoms with van der Waals surface area (Å²) in [5.41, 5.74) is 6.01. The van der Waals surface area contributed by atoms with Crippen LogP contribution in [-0.4, -0.2) is 52.5 Å². The van der Waals surface area contributed by atoms with Crippen LogP contribution < -0.4 is 10.7 Å². The van der Waals surface area contributed by atoms with Crippen molar-refractivity contribution in [2.75, 3.05) is 7.11 Å². The van der Waals surface area contributed by atoms with Gasteiger partial charge in [-0.15, -0.1) is 6.58 Å². The number of aromatic nitrogens is 1. The minimum atomic E-state index is -1.09. The van der Waals surface area contributed by atoms with Gasteiger partial charge in [0.05, 0.1) is 18.2 Å². The summed E-state index contributed by atoms with van der Waals surface area (Å²) in [5.74, 6) is -2.27. The van der Waals surface area contributed by atoms with Gasteiger partial charge in [-0.3, -0.25) is 14.4 Å². The fourth-order valence-electron chi connectivity index (χ4n) is 5.23. The molecule has 0 saturated heterocycles. The molecule has 2 N–H and O–H groups in total. The van der Waals surface area contributed by atoms with Gasteiger partial charge in [0.1, 0.15) is 12.1 Å². The zero-order valence-corrected chi connectivity index (χ0v) is 23.4. The quantitative estimate of drug-likeness (QED) is 0.162. The molecule has 0 radical (unpaired) electrons. The number of fused-ring (bicyclic) bond motifs is 2. The molecule has 0 aliphatic carbocycles. The van der Waals surface area contributed by atoms with Gasteiger partial charge >= 0.3 is 5.97 Å². The van der Waals surface area contributed by atoms with E-state index >= 15 is 0 Å². The SMILES string of the molecule is C=CC(C)n1cc(C[C@H](NN2C(=O)c3ccccc3C2=O)C(=O)N[C@@H](Cc2ccccc2)C(=O)OC)c2ccccc21. The second-order valence-electron chi connectivity index (χ2n) is 10.2. The van der Waals surface area contributed by atoms with Gasteiger partial charge in [0.25, 0.3) is 11.8 Å². The first-order valence-electron chi connectivity index (χ1n) is 13.7. The van der Waals surface area contributed by atoms with E-state index < -0.39 is 35.8 Å². The van der Waals surface area contributed by atoms with Crippen molar-refractivity contribution < 1.29 is 23.9 Å². The number of carbonyl (C=O) groups excluding carboxylic acids is 4. The summed E-state index contributed by atoms with van der Waals surface area (Å²) in [6.07, 6.45) is 4.09. The van der Waals surface area contributed by atoms with Crippen LogP contribution >= 0.6 is 0 Å². The van der Waals surface area contributed by atoms with Gasteiger partial charge < -0.3 is 14.6 Å². The van der Waals surface area contributed by atoms with Crippen molar-refractivity contribution in [1.29, 1.82) is 0 Å². The van der Waals surface area contributed by atoms with Crippen LogP contribution in [0.25, 0.3) is 10.9 Å². The normalized spacial score (nSPS) is 14.8. The Hall–Kier alpha value is -5.02. The van der Waals surface area contributed by atoms with Gasteiger partial charge in [-0.25, -0.2) is 15.2 Å². The summed E-state index contributed by atoms with van der Waals surface area (Å²) in [4.78, 5) is 53.1. The Morgan fingerprint density at radius 1 is 0.881 bits per heavy atom.